The molecular weight excluding hydrogens is 287 g/mol. The van der Waals surface area contributed by atoms with E-state index in [1.54, 1.807) is 6.07 Å². The van der Waals surface area contributed by atoms with Crippen molar-refractivity contribution in [3.05, 3.63) is 29.6 Å². The van der Waals surface area contributed by atoms with Gasteiger partial charge in [-0.2, -0.15) is 0 Å². The van der Waals surface area contributed by atoms with E-state index in [9.17, 15) is 4.39 Å². The van der Waals surface area contributed by atoms with Crippen LogP contribution >= 0.6 is 11.6 Å². The lowest BCUT2D eigenvalue weighted by molar-refractivity contribution is 0.143. The molecule has 1 saturated carbocycles. The third-order valence-corrected chi connectivity index (χ3v) is 5.43. The first-order valence-electron chi connectivity index (χ1n) is 7.78. The van der Waals surface area contributed by atoms with E-state index in [1.807, 2.05) is 12.1 Å². The van der Waals surface area contributed by atoms with Gasteiger partial charge in [-0.05, 0) is 54.6 Å². The summed E-state index contributed by atoms with van der Waals surface area (Å²) < 4.78 is 19.4. The van der Waals surface area contributed by atoms with Crippen LogP contribution < -0.4 is 4.74 Å². The number of benzene rings is 1. The first-order valence-corrected chi connectivity index (χ1v) is 8.22. The molecule has 2 rings (SSSR count). The molecule has 1 aromatic rings. The van der Waals surface area contributed by atoms with Gasteiger partial charge in [0.05, 0.1) is 7.11 Å². The van der Waals surface area contributed by atoms with Crippen LogP contribution in [0, 0.1) is 23.1 Å². The first-order chi connectivity index (χ1) is 9.82. The molecule has 0 amide bonds. The monoisotopic (exact) mass is 312 g/mol. The van der Waals surface area contributed by atoms with Crippen molar-refractivity contribution in [1.29, 1.82) is 0 Å². The number of hydrogen-bond donors (Lipinski definition) is 0. The summed E-state index contributed by atoms with van der Waals surface area (Å²) in [6, 6.07) is 5.36. The molecule has 0 spiro atoms. The predicted octanol–water partition coefficient (Wildman–Crippen LogP) is 5.45. The van der Waals surface area contributed by atoms with Crippen molar-refractivity contribution in [2.45, 2.75) is 51.8 Å². The number of ether oxygens (including phenoxy) is 1. The molecule has 0 aliphatic heterocycles. The highest BCUT2D eigenvalue weighted by atomic mass is 35.5. The molecule has 0 heterocycles. The number of rotatable bonds is 3. The topological polar surface area (TPSA) is 9.23 Å². The van der Waals surface area contributed by atoms with Crippen LogP contribution in [0.5, 0.6) is 5.75 Å². The van der Waals surface area contributed by atoms with Gasteiger partial charge in [0.25, 0.3) is 0 Å². The Morgan fingerprint density at radius 1 is 1.29 bits per heavy atom. The third-order valence-electron chi connectivity index (χ3n) is 4.86. The Labute approximate surface area is 132 Å². The second-order valence-corrected chi connectivity index (χ2v) is 7.85. The summed E-state index contributed by atoms with van der Waals surface area (Å²) in [5.74, 6) is 1.08. The van der Waals surface area contributed by atoms with Gasteiger partial charge in [0, 0.05) is 5.38 Å². The fourth-order valence-corrected chi connectivity index (χ4v) is 3.70. The van der Waals surface area contributed by atoms with Gasteiger partial charge in [-0.1, -0.05) is 32.9 Å². The van der Waals surface area contributed by atoms with Crippen LogP contribution in [0.2, 0.25) is 0 Å². The second-order valence-electron chi connectivity index (χ2n) is 7.29. The molecule has 1 aliphatic rings. The van der Waals surface area contributed by atoms with Crippen molar-refractivity contribution in [3.63, 3.8) is 0 Å². The fourth-order valence-electron chi connectivity index (χ4n) is 3.38. The molecule has 21 heavy (non-hydrogen) atoms. The lowest BCUT2D eigenvalue weighted by Gasteiger charge is -2.40. The lowest BCUT2D eigenvalue weighted by atomic mass is 9.68. The van der Waals surface area contributed by atoms with Crippen LogP contribution in [-0.4, -0.2) is 12.5 Å². The van der Waals surface area contributed by atoms with Crippen LogP contribution in [0.3, 0.4) is 0 Å². The van der Waals surface area contributed by atoms with E-state index in [0.29, 0.717) is 29.4 Å². The summed E-state index contributed by atoms with van der Waals surface area (Å²) in [6.07, 6.45) is 3.98. The van der Waals surface area contributed by atoms with Crippen LogP contribution in [0.1, 0.15) is 45.6 Å². The van der Waals surface area contributed by atoms with Gasteiger partial charge in [-0.25, -0.2) is 4.39 Å². The summed E-state index contributed by atoms with van der Waals surface area (Å²) >= 11 is 6.52. The van der Waals surface area contributed by atoms with E-state index in [1.165, 1.54) is 13.5 Å². The maximum Gasteiger partial charge on any atom is 0.168 e. The van der Waals surface area contributed by atoms with Gasteiger partial charge in [-0.3, -0.25) is 0 Å². The fraction of sp³-hybridized carbons (Fsp3) is 0.667. The van der Waals surface area contributed by atoms with Crippen LogP contribution in [0.15, 0.2) is 18.2 Å². The maximum atomic E-state index is 14.3. The standard InChI is InChI=1S/C18H26ClFO/c1-18(2,3)14-8-9-15(19)13(11-14)10-12-6-5-7-16(21-4)17(12)20/h5-7,13-15H,8-11H2,1-4H3. The summed E-state index contributed by atoms with van der Waals surface area (Å²) in [4.78, 5) is 0. The van der Waals surface area contributed by atoms with E-state index >= 15 is 0 Å². The molecule has 3 heteroatoms. The van der Waals surface area contributed by atoms with Gasteiger partial charge in [0.15, 0.2) is 11.6 Å². The molecule has 0 aromatic heterocycles. The number of hydrogen-bond acceptors (Lipinski definition) is 1. The minimum atomic E-state index is -0.234. The van der Waals surface area contributed by atoms with Crippen molar-refractivity contribution >= 4 is 11.6 Å². The molecule has 1 fully saturated rings. The van der Waals surface area contributed by atoms with E-state index in [-0.39, 0.29) is 11.2 Å². The number of methoxy groups -OCH3 is 1. The molecule has 1 nitrogen and oxygen atoms in total. The van der Waals surface area contributed by atoms with Gasteiger partial charge in [-0.15, -0.1) is 11.6 Å². The molecule has 1 aliphatic carbocycles. The average molecular weight is 313 g/mol. The van der Waals surface area contributed by atoms with Crippen molar-refractivity contribution in [2.24, 2.45) is 17.3 Å². The summed E-state index contributed by atoms with van der Waals surface area (Å²) in [5.41, 5.74) is 1.02. The highest BCUT2D eigenvalue weighted by molar-refractivity contribution is 6.20. The Morgan fingerprint density at radius 2 is 2.00 bits per heavy atom. The Bertz CT molecular complexity index is 481. The largest absolute Gasteiger partial charge is 0.494 e. The normalized spacial score (nSPS) is 26.7. The lowest BCUT2D eigenvalue weighted by Crippen LogP contribution is -2.33. The minimum Gasteiger partial charge on any atom is -0.494 e. The van der Waals surface area contributed by atoms with E-state index in [2.05, 4.69) is 20.8 Å². The first kappa shape index (κ1) is 16.6. The summed E-state index contributed by atoms with van der Waals surface area (Å²) in [5, 5.41) is 0.147. The molecule has 1 aromatic carbocycles. The molecular formula is C18H26ClFO. The molecule has 118 valence electrons. The zero-order valence-corrected chi connectivity index (χ0v) is 14.2. The van der Waals surface area contributed by atoms with E-state index in [4.69, 9.17) is 16.3 Å². The molecule has 3 unspecified atom stereocenters. The highest BCUT2D eigenvalue weighted by Gasteiger charge is 2.35. The Kier molecular flexibility index (Phi) is 5.19. The van der Waals surface area contributed by atoms with Crippen LogP contribution in [0.25, 0.3) is 0 Å². The van der Waals surface area contributed by atoms with Gasteiger partial charge >= 0.3 is 0 Å². The quantitative estimate of drug-likeness (QED) is 0.675. The molecule has 0 N–H and O–H groups in total. The molecule has 3 atom stereocenters. The van der Waals surface area contributed by atoms with Crippen molar-refractivity contribution in [2.75, 3.05) is 7.11 Å². The predicted molar refractivity (Wildman–Crippen MR) is 86.6 cm³/mol. The van der Waals surface area contributed by atoms with Gasteiger partial charge in [0.1, 0.15) is 0 Å². The van der Waals surface area contributed by atoms with Crippen LogP contribution in [0.4, 0.5) is 4.39 Å². The van der Waals surface area contributed by atoms with E-state index in [0.717, 1.165) is 18.4 Å². The van der Waals surface area contributed by atoms with Crippen molar-refractivity contribution < 1.29 is 9.13 Å². The zero-order chi connectivity index (χ0) is 15.6. The second kappa shape index (κ2) is 6.56. The highest BCUT2D eigenvalue weighted by Crippen LogP contribution is 2.43. The Morgan fingerprint density at radius 3 is 2.62 bits per heavy atom. The molecule has 0 radical (unpaired) electrons. The molecule has 0 saturated heterocycles. The number of alkyl halides is 1. The third kappa shape index (κ3) is 3.91. The molecule has 0 bridgehead atoms. The van der Waals surface area contributed by atoms with Gasteiger partial charge < -0.3 is 4.74 Å². The smallest absolute Gasteiger partial charge is 0.168 e. The average Bonchev–Trinajstić information content (AvgIpc) is 2.42. The number of halogens is 2. The van der Waals surface area contributed by atoms with E-state index < -0.39 is 0 Å². The SMILES string of the molecule is COc1cccc(CC2CC(C(C)(C)C)CCC2Cl)c1F. The Balaban J connectivity index is 2.14. The zero-order valence-electron chi connectivity index (χ0n) is 13.5. The Hall–Kier alpha value is -0.760. The van der Waals surface area contributed by atoms with Crippen molar-refractivity contribution in [1.82, 2.24) is 0 Å². The van der Waals surface area contributed by atoms with Crippen LogP contribution in [-0.2, 0) is 6.42 Å². The summed E-state index contributed by atoms with van der Waals surface area (Å²) in [7, 11) is 1.50. The maximum absolute atomic E-state index is 14.3. The van der Waals surface area contributed by atoms with Crippen molar-refractivity contribution in [3.8, 4) is 5.75 Å². The van der Waals surface area contributed by atoms with Gasteiger partial charge in [0.2, 0.25) is 0 Å². The minimum absolute atomic E-state index is 0.147. The summed E-state index contributed by atoms with van der Waals surface area (Å²) in [6.45, 7) is 6.86.